The number of H-pyrrole nitrogens is 1. The molecule has 3 N–H and O–H groups in total. The van der Waals surface area contributed by atoms with Crippen molar-refractivity contribution in [3.63, 3.8) is 0 Å². The maximum atomic E-state index is 13.9. The summed E-state index contributed by atoms with van der Waals surface area (Å²) in [6.07, 6.45) is 1.32. The number of hydrogen-bond acceptors (Lipinski definition) is 6. The Hall–Kier alpha value is -3.56. The van der Waals surface area contributed by atoms with Crippen LogP contribution in [-0.2, 0) is 0 Å². The number of anilines is 3. The maximum Gasteiger partial charge on any atom is 0.256 e. The Balaban J connectivity index is 1.37. The molecule has 0 bridgehead atoms. The van der Waals surface area contributed by atoms with E-state index < -0.39 is 17.5 Å². The molecule has 0 radical (unpaired) electrons. The third-order valence-electron chi connectivity index (χ3n) is 5.12. The van der Waals surface area contributed by atoms with Crippen molar-refractivity contribution in [2.75, 3.05) is 23.7 Å². The van der Waals surface area contributed by atoms with E-state index in [1.807, 2.05) is 13.0 Å². The molecule has 0 unspecified atom stereocenters. The molecule has 4 rings (SSSR count). The highest BCUT2D eigenvalue weighted by atomic mass is 19.2. The maximum absolute atomic E-state index is 13.9. The zero-order valence-electron chi connectivity index (χ0n) is 17.2. The van der Waals surface area contributed by atoms with Crippen molar-refractivity contribution in [1.29, 1.82) is 0 Å². The molecule has 10 heteroatoms. The topological polar surface area (TPSA) is 98.8 Å². The molecule has 8 nitrogen and oxygen atoms in total. The number of aromatic amines is 1. The van der Waals surface area contributed by atoms with Crippen LogP contribution in [0.4, 0.5) is 26.2 Å². The lowest BCUT2D eigenvalue weighted by Crippen LogP contribution is -2.42. The smallest absolute Gasteiger partial charge is 0.256 e. The number of nitrogens with zero attached hydrogens (tertiary/aromatic N) is 4. The summed E-state index contributed by atoms with van der Waals surface area (Å²) >= 11 is 0. The fourth-order valence-electron chi connectivity index (χ4n) is 3.59. The molecule has 0 spiro atoms. The summed E-state index contributed by atoms with van der Waals surface area (Å²) in [5.74, 6) is -0.0489. The lowest BCUT2D eigenvalue weighted by Gasteiger charge is -2.32. The molecule has 162 valence electrons. The molecule has 31 heavy (non-hydrogen) atoms. The van der Waals surface area contributed by atoms with Crippen molar-refractivity contribution < 1.29 is 13.6 Å². The molecule has 2 aromatic heterocycles. The Morgan fingerprint density at radius 1 is 1.10 bits per heavy atom. The van der Waals surface area contributed by atoms with Gasteiger partial charge in [-0.3, -0.25) is 9.89 Å². The van der Waals surface area contributed by atoms with Gasteiger partial charge in [0.1, 0.15) is 17.5 Å². The first kappa shape index (κ1) is 20.7. The third-order valence-corrected chi connectivity index (χ3v) is 5.12. The van der Waals surface area contributed by atoms with Crippen molar-refractivity contribution in [1.82, 2.24) is 25.1 Å². The summed E-state index contributed by atoms with van der Waals surface area (Å²) in [5.41, 5.74) is 0.702. The number of hydrogen-bond donors (Lipinski definition) is 3. The van der Waals surface area contributed by atoms with E-state index in [0.29, 0.717) is 49.2 Å². The standard InChI is InChI=1S/C21H23F2N7O/c1-12-10-19(29-28-12)27-18-11-17(24-13(2)25-18)26-14-6-8-30(9-7-14)21(31)15-4-3-5-16(22)20(15)23/h3-5,10-11,14H,6-9H2,1-2H3,(H3,24,25,26,27,28,29). The summed E-state index contributed by atoms with van der Waals surface area (Å²) < 4.78 is 27.4. The van der Waals surface area contributed by atoms with Crippen molar-refractivity contribution in [3.8, 4) is 0 Å². The minimum Gasteiger partial charge on any atom is -0.367 e. The van der Waals surface area contributed by atoms with E-state index in [4.69, 9.17) is 0 Å². The zero-order chi connectivity index (χ0) is 22.0. The van der Waals surface area contributed by atoms with Crippen LogP contribution in [0.1, 0.15) is 34.7 Å². The first-order valence-corrected chi connectivity index (χ1v) is 10.0. The highest BCUT2D eigenvalue weighted by Gasteiger charge is 2.26. The summed E-state index contributed by atoms with van der Waals surface area (Å²) in [5, 5.41) is 13.5. The van der Waals surface area contributed by atoms with E-state index in [0.717, 1.165) is 11.8 Å². The number of carbonyl (C=O) groups is 1. The first-order valence-electron chi connectivity index (χ1n) is 10.0. The summed E-state index contributed by atoms with van der Waals surface area (Å²) in [6.45, 7) is 4.60. The second-order valence-electron chi connectivity index (χ2n) is 7.56. The molecule has 3 heterocycles. The molecule has 1 saturated heterocycles. The van der Waals surface area contributed by atoms with Gasteiger partial charge in [0.2, 0.25) is 0 Å². The van der Waals surface area contributed by atoms with E-state index >= 15 is 0 Å². The summed E-state index contributed by atoms with van der Waals surface area (Å²) in [6, 6.07) is 7.42. The van der Waals surface area contributed by atoms with Crippen LogP contribution in [0.3, 0.4) is 0 Å². The molecule has 1 fully saturated rings. The predicted molar refractivity (Wildman–Crippen MR) is 112 cm³/mol. The van der Waals surface area contributed by atoms with E-state index in [9.17, 15) is 13.6 Å². The fraction of sp³-hybridized carbons (Fsp3) is 0.333. The first-order chi connectivity index (χ1) is 14.9. The molecule has 0 atom stereocenters. The Morgan fingerprint density at radius 3 is 2.55 bits per heavy atom. The summed E-state index contributed by atoms with van der Waals surface area (Å²) in [4.78, 5) is 22.9. The van der Waals surface area contributed by atoms with Crippen LogP contribution in [0.5, 0.6) is 0 Å². The zero-order valence-corrected chi connectivity index (χ0v) is 17.2. The average Bonchev–Trinajstić information content (AvgIpc) is 3.14. The van der Waals surface area contributed by atoms with Gasteiger partial charge in [0.25, 0.3) is 5.91 Å². The minimum atomic E-state index is -1.10. The van der Waals surface area contributed by atoms with Crippen LogP contribution in [-0.4, -0.2) is 50.1 Å². The largest absolute Gasteiger partial charge is 0.367 e. The van der Waals surface area contributed by atoms with Gasteiger partial charge in [-0.1, -0.05) is 6.07 Å². The van der Waals surface area contributed by atoms with Gasteiger partial charge >= 0.3 is 0 Å². The van der Waals surface area contributed by atoms with Gasteiger partial charge in [0.15, 0.2) is 17.5 Å². The van der Waals surface area contributed by atoms with E-state index in [1.165, 1.54) is 12.1 Å². The van der Waals surface area contributed by atoms with Crippen molar-refractivity contribution >= 4 is 23.4 Å². The number of aryl methyl sites for hydroxylation is 2. The van der Waals surface area contributed by atoms with Gasteiger partial charge in [-0.25, -0.2) is 18.7 Å². The lowest BCUT2D eigenvalue weighted by atomic mass is 10.0. The molecule has 0 saturated carbocycles. The average molecular weight is 427 g/mol. The highest BCUT2D eigenvalue weighted by molar-refractivity contribution is 5.94. The molecule has 1 aliphatic rings. The molecule has 3 aromatic rings. The lowest BCUT2D eigenvalue weighted by molar-refractivity contribution is 0.0712. The number of nitrogens with one attached hydrogen (secondary N) is 3. The molecule has 1 aromatic carbocycles. The van der Waals surface area contributed by atoms with Gasteiger partial charge in [-0.05, 0) is 38.8 Å². The number of aromatic nitrogens is 4. The highest BCUT2D eigenvalue weighted by Crippen LogP contribution is 2.21. The number of carbonyl (C=O) groups excluding carboxylic acids is 1. The quantitative estimate of drug-likeness (QED) is 0.576. The number of rotatable bonds is 5. The van der Waals surface area contributed by atoms with E-state index in [2.05, 4.69) is 30.8 Å². The van der Waals surface area contributed by atoms with E-state index in [-0.39, 0.29) is 11.6 Å². The molecule has 1 aliphatic heterocycles. The Labute approximate surface area is 178 Å². The molecular weight excluding hydrogens is 404 g/mol. The van der Waals surface area contributed by atoms with Crippen LogP contribution in [0.2, 0.25) is 0 Å². The van der Waals surface area contributed by atoms with Gasteiger partial charge in [0, 0.05) is 37.0 Å². The Morgan fingerprint density at radius 2 is 1.84 bits per heavy atom. The van der Waals surface area contributed by atoms with Crippen molar-refractivity contribution in [3.05, 3.63) is 59.0 Å². The number of amides is 1. The van der Waals surface area contributed by atoms with Crippen LogP contribution in [0.15, 0.2) is 30.3 Å². The number of benzene rings is 1. The van der Waals surface area contributed by atoms with Gasteiger partial charge < -0.3 is 15.5 Å². The fourth-order valence-corrected chi connectivity index (χ4v) is 3.59. The van der Waals surface area contributed by atoms with Crippen LogP contribution in [0, 0.1) is 25.5 Å². The normalized spacial score (nSPS) is 14.5. The summed E-state index contributed by atoms with van der Waals surface area (Å²) in [7, 11) is 0. The third kappa shape index (κ3) is 4.79. The Kier molecular flexibility index (Phi) is 5.79. The van der Waals surface area contributed by atoms with Crippen molar-refractivity contribution in [2.24, 2.45) is 0 Å². The van der Waals surface area contributed by atoms with Gasteiger partial charge in [-0.2, -0.15) is 5.10 Å². The number of piperidine rings is 1. The predicted octanol–water partition coefficient (Wildman–Crippen LogP) is 3.56. The molecule has 0 aliphatic carbocycles. The van der Waals surface area contributed by atoms with Gasteiger partial charge in [0.05, 0.1) is 5.56 Å². The van der Waals surface area contributed by atoms with Gasteiger partial charge in [-0.15, -0.1) is 0 Å². The second-order valence-corrected chi connectivity index (χ2v) is 7.56. The molecular formula is C21H23F2N7O. The molecule has 1 amide bonds. The Bertz CT molecular complexity index is 1090. The SMILES string of the molecule is Cc1nc(Nc2cc(C)[nH]n2)cc(NC2CCN(C(=O)c3cccc(F)c3F)CC2)n1. The monoisotopic (exact) mass is 427 g/mol. The van der Waals surface area contributed by atoms with Crippen LogP contribution in [0.25, 0.3) is 0 Å². The van der Waals surface area contributed by atoms with Crippen molar-refractivity contribution in [2.45, 2.75) is 32.7 Å². The van der Waals surface area contributed by atoms with Crippen LogP contribution < -0.4 is 10.6 Å². The second kappa shape index (κ2) is 8.66. The van der Waals surface area contributed by atoms with E-state index in [1.54, 1.807) is 17.9 Å². The number of halogens is 2. The minimum absolute atomic E-state index is 0.0937. The number of likely N-dealkylation sites (tertiary alicyclic amines) is 1. The van der Waals surface area contributed by atoms with Crippen LogP contribution >= 0.6 is 0 Å².